The Morgan fingerprint density at radius 3 is 2.48 bits per heavy atom. The normalized spacial score (nSPS) is 28.8. The van der Waals surface area contributed by atoms with Crippen molar-refractivity contribution in [2.45, 2.75) is 128 Å². The van der Waals surface area contributed by atoms with Crippen molar-refractivity contribution in [3.8, 4) is 11.8 Å². The maximum absolute atomic E-state index is 15.0. The number of ether oxygens (including phenoxy) is 4. The Bertz CT molecular complexity index is 2160. The molecule has 2 amide bonds. The second-order valence-corrected chi connectivity index (χ2v) is 21.0. The molecule has 1 N–H and O–H groups in total. The molecular weight excluding hydrogens is 836 g/mol. The van der Waals surface area contributed by atoms with Gasteiger partial charge in [-0.25, -0.2) is 17.2 Å². The van der Waals surface area contributed by atoms with Crippen LogP contribution in [0, 0.1) is 29.1 Å². The van der Waals surface area contributed by atoms with Gasteiger partial charge in [0.1, 0.15) is 12.7 Å². The molecule has 0 bridgehead atoms. The lowest BCUT2D eigenvalue weighted by atomic mass is 9.82. The second kappa shape index (κ2) is 17.7. The molecule has 3 fully saturated rings. The van der Waals surface area contributed by atoms with Gasteiger partial charge in [-0.2, -0.15) is 4.98 Å². The Hall–Kier alpha value is -3.89. The summed E-state index contributed by atoms with van der Waals surface area (Å²) in [7, 11) is -2.50. The van der Waals surface area contributed by atoms with Crippen LogP contribution in [0.1, 0.15) is 99.3 Å². The summed E-state index contributed by atoms with van der Waals surface area (Å²) < 4.78 is 79.6. The molecular formula is C44H58ClF2N3O10S. The quantitative estimate of drug-likeness (QED) is 0.123. The number of ketones is 1. The van der Waals surface area contributed by atoms with Crippen molar-refractivity contribution < 1.29 is 55.3 Å². The van der Waals surface area contributed by atoms with E-state index >= 15 is 4.79 Å². The lowest BCUT2D eigenvalue weighted by molar-refractivity contribution is -0.197. The van der Waals surface area contributed by atoms with E-state index in [9.17, 15) is 31.6 Å². The van der Waals surface area contributed by atoms with Gasteiger partial charge in [-0.05, 0) is 89.2 Å². The zero-order valence-electron chi connectivity index (χ0n) is 35.9. The van der Waals surface area contributed by atoms with Gasteiger partial charge in [0.05, 0.1) is 41.7 Å². The van der Waals surface area contributed by atoms with Crippen molar-refractivity contribution in [2.24, 2.45) is 29.1 Å². The number of nitrogens with zero attached hydrogens (tertiary/aromatic N) is 2. The highest BCUT2D eigenvalue weighted by Gasteiger charge is 2.63. The van der Waals surface area contributed by atoms with E-state index in [1.807, 2.05) is 26.0 Å². The molecule has 4 aliphatic rings. The third kappa shape index (κ3) is 10.2. The van der Waals surface area contributed by atoms with Gasteiger partial charge in [0.25, 0.3) is 5.92 Å². The number of hydrogen-bond donors (Lipinski definition) is 1. The summed E-state index contributed by atoms with van der Waals surface area (Å²) in [4.78, 5) is 63.3. The smallest absolute Gasteiger partial charge is 0.307 e. The van der Waals surface area contributed by atoms with Crippen molar-refractivity contribution in [1.82, 2.24) is 14.6 Å². The van der Waals surface area contributed by atoms with Gasteiger partial charge < -0.3 is 23.8 Å². The van der Waals surface area contributed by atoms with Crippen LogP contribution in [0.2, 0.25) is 5.02 Å². The highest BCUT2D eigenvalue weighted by atomic mass is 35.5. The number of carbonyl (C=O) groups excluding carboxylic acids is 4. The maximum atomic E-state index is 15.0. The summed E-state index contributed by atoms with van der Waals surface area (Å²) in [6, 6.07) is 5.70. The van der Waals surface area contributed by atoms with E-state index in [0.717, 1.165) is 13.8 Å². The van der Waals surface area contributed by atoms with Gasteiger partial charge in [-0.3, -0.25) is 23.9 Å². The van der Waals surface area contributed by atoms with Crippen LogP contribution < -0.4 is 14.2 Å². The molecule has 2 aliphatic heterocycles. The number of alkyl halides is 2. The Balaban J connectivity index is 1.37. The van der Waals surface area contributed by atoms with Crippen molar-refractivity contribution in [2.75, 3.05) is 26.9 Å². The van der Waals surface area contributed by atoms with E-state index < -0.39 is 91.6 Å². The topological polar surface area (TPSA) is 168 Å². The molecule has 0 spiro atoms. The zero-order valence-corrected chi connectivity index (χ0v) is 37.5. The maximum Gasteiger partial charge on any atom is 0.307 e. The Morgan fingerprint density at radius 1 is 1.08 bits per heavy atom. The molecule has 61 heavy (non-hydrogen) atoms. The van der Waals surface area contributed by atoms with Gasteiger partial charge in [0.2, 0.25) is 33.6 Å². The molecule has 13 nitrogen and oxygen atoms in total. The second-order valence-electron chi connectivity index (χ2n) is 18.4. The average Bonchev–Trinajstić information content (AvgIpc) is 4.05. The summed E-state index contributed by atoms with van der Waals surface area (Å²) in [6.07, 6.45) is 4.93. The number of nitrogens with one attached hydrogen (secondary N) is 1. The monoisotopic (exact) mass is 893 g/mol. The van der Waals surface area contributed by atoms with Crippen LogP contribution in [0.15, 0.2) is 36.4 Å². The number of rotatable bonds is 13. The number of esters is 1. The molecule has 2 saturated carbocycles. The number of sulfonamides is 1. The van der Waals surface area contributed by atoms with Gasteiger partial charge in [0.15, 0.2) is 11.4 Å². The molecule has 1 aromatic carbocycles. The largest absolute Gasteiger partial charge is 0.475 e. The van der Waals surface area contributed by atoms with Gasteiger partial charge >= 0.3 is 5.97 Å². The third-order valence-electron chi connectivity index (χ3n) is 13.2. The summed E-state index contributed by atoms with van der Waals surface area (Å²) in [5.74, 6) is -7.73. The van der Waals surface area contributed by atoms with E-state index in [-0.39, 0.29) is 56.7 Å². The summed E-state index contributed by atoms with van der Waals surface area (Å²) >= 11 is 6.60. The molecule has 7 atom stereocenters. The fourth-order valence-corrected chi connectivity index (χ4v) is 9.98. The van der Waals surface area contributed by atoms with Crippen LogP contribution in [0.25, 0.3) is 10.8 Å². The molecule has 1 aromatic heterocycles. The molecule has 1 saturated heterocycles. The third-order valence-corrected chi connectivity index (χ3v) is 15.7. The molecule has 17 heteroatoms. The number of methoxy groups -OCH3 is 1. The molecule has 0 unspecified atom stereocenters. The first-order valence-corrected chi connectivity index (χ1v) is 22.9. The minimum atomic E-state index is -4.03. The number of aromatic nitrogens is 1. The van der Waals surface area contributed by atoms with Gasteiger partial charge in [-0.1, -0.05) is 43.7 Å². The van der Waals surface area contributed by atoms with E-state index in [2.05, 4.69) is 9.71 Å². The number of hydrogen-bond acceptors (Lipinski definition) is 11. The molecule has 2 aromatic rings. The van der Waals surface area contributed by atoms with Crippen LogP contribution in [-0.4, -0.2) is 97.2 Å². The standard InChI is InChI=1S/C44H58ClF2N3O10S/c1-26-11-8-9-12-28-23-44(28,40(54)49-61(55,56)42(5)15-16-42)24-35(51)34-20-29(59-38-30-13-10-14-33(45)32(30)21-36(48-38)58-18-17-57-7)25-50(34)39(53)31(27(2)19-26)22-37(52)60-41(3,4)43(6,46)47/h9-10,12-14,21,26-29,31,34H,8,11,15-20,22-25H2,1-7H3,(H,49,54)/b12-9-/t26-,27+,28+,29+,31-,34-,44+/m0/s1. The minimum absolute atomic E-state index is 0.0331. The van der Waals surface area contributed by atoms with Crippen molar-refractivity contribution in [1.29, 1.82) is 0 Å². The summed E-state index contributed by atoms with van der Waals surface area (Å²) in [5, 5.41) is 1.53. The molecule has 2 aliphatic carbocycles. The van der Waals surface area contributed by atoms with Crippen LogP contribution >= 0.6 is 11.6 Å². The number of allylic oxidation sites excluding steroid dienone is 2. The van der Waals surface area contributed by atoms with Crippen LogP contribution in [0.4, 0.5) is 8.78 Å². The van der Waals surface area contributed by atoms with Crippen LogP contribution in [0.5, 0.6) is 11.8 Å². The first-order valence-electron chi connectivity index (χ1n) is 21.0. The van der Waals surface area contributed by atoms with Crippen molar-refractivity contribution in [3.05, 3.63) is 41.4 Å². The summed E-state index contributed by atoms with van der Waals surface area (Å²) in [5.41, 5.74) is -3.54. The molecule has 6 rings (SSSR count). The lowest BCUT2D eigenvalue weighted by Crippen LogP contribution is -2.49. The van der Waals surface area contributed by atoms with Crippen molar-refractivity contribution in [3.63, 3.8) is 0 Å². The number of benzene rings is 1. The first kappa shape index (κ1) is 46.6. The SMILES string of the molecule is COCCOc1cc2c(Cl)cccc2c(O[C@@H]2C[C@H]3C(=O)C[C@]4(C(=O)NS(=O)(=O)C5(C)CC5)C[C@H]4/C=C\CC[C@H](C)C[C@@H](C)[C@H](CC(=O)OC(C)(C)C(C)(F)F)C(=O)N3C2)n1. The van der Waals surface area contributed by atoms with Gasteiger partial charge in [0, 0.05) is 48.7 Å². The van der Waals surface area contributed by atoms with E-state index in [1.165, 1.54) is 12.0 Å². The first-order chi connectivity index (χ1) is 28.5. The predicted molar refractivity (Wildman–Crippen MR) is 224 cm³/mol. The van der Waals surface area contributed by atoms with Crippen LogP contribution in [0.3, 0.4) is 0 Å². The van der Waals surface area contributed by atoms with Gasteiger partial charge in [-0.15, -0.1) is 0 Å². The number of amides is 2. The minimum Gasteiger partial charge on any atom is -0.475 e. The number of pyridine rings is 1. The summed E-state index contributed by atoms with van der Waals surface area (Å²) in [6.45, 7) is 8.62. The highest BCUT2D eigenvalue weighted by molar-refractivity contribution is 7.91. The number of Topliss-reactive ketones (excluding diaryl/α,β-unsaturated/α-hetero) is 1. The van der Waals surface area contributed by atoms with E-state index in [0.29, 0.717) is 54.8 Å². The fourth-order valence-electron chi connectivity index (χ4n) is 8.42. The highest BCUT2D eigenvalue weighted by Crippen LogP contribution is 2.58. The zero-order chi connectivity index (χ0) is 44.7. The predicted octanol–water partition coefficient (Wildman–Crippen LogP) is 7.22. The van der Waals surface area contributed by atoms with E-state index in [1.54, 1.807) is 31.2 Å². The molecule has 336 valence electrons. The van der Waals surface area contributed by atoms with Crippen molar-refractivity contribution >= 4 is 56.0 Å². The number of halogens is 3. The fraction of sp³-hybridized carbons (Fsp3) is 0.659. The van der Waals surface area contributed by atoms with Crippen LogP contribution in [-0.2, 0) is 38.7 Å². The lowest BCUT2D eigenvalue weighted by Gasteiger charge is -2.34. The average molecular weight is 894 g/mol. The molecule has 3 heterocycles. The Labute approximate surface area is 361 Å². The Morgan fingerprint density at radius 2 is 1.80 bits per heavy atom. The number of fused-ring (bicyclic) bond motifs is 3. The number of carbonyl (C=O) groups is 4. The Kier molecular flexibility index (Phi) is 13.5. The van der Waals surface area contributed by atoms with E-state index in [4.69, 9.17) is 30.5 Å². The molecule has 0 radical (unpaired) electrons.